The molecule has 0 saturated heterocycles. The highest BCUT2D eigenvalue weighted by atomic mass is 16.5. The molecule has 0 saturated carbocycles. The predicted octanol–water partition coefficient (Wildman–Crippen LogP) is 2.72. The normalized spacial score (nSPS) is 10.5. The van der Waals surface area contributed by atoms with Gasteiger partial charge in [-0.3, -0.25) is 0 Å². The molecule has 0 bridgehead atoms. The molecule has 96 valence electrons. The highest BCUT2D eigenvalue weighted by Gasteiger charge is 2.08. The van der Waals surface area contributed by atoms with Crippen LogP contribution in [0.15, 0.2) is 53.2 Å². The smallest absolute Gasteiger partial charge is 0.228 e. The molecule has 0 atom stereocenters. The molecule has 0 aliphatic rings. The summed E-state index contributed by atoms with van der Waals surface area (Å²) in [5.74, 6) is 1.23. The first-order valence-corrected chi connectivity index (χ1v) is 6.17. The fourth-order valence-electron chi connectivity index (χ4n) is 1.81. The molecule has 0 radical (unpaired) electrons. The first-order chi connectivity index (χ1) is 9.42. The van der Waals surface area contributed by atoms with E-state index in [9.17, 15) is 0 Å². The van der Waals surface area contributed by atoms with Gasteiger partial charge in [-0.05, 0) is 24.3 Å². The summed E-state index contributed by atoms with van der Waals surface area (Å²) in [6.45, 7) is 0.760. The van der Waals surface area contributed by atoms with E-state index in [1.807, 2.05) is 48.7 Å². The van der Waals surface area contributed by atoms with Gasteiger partial charge in [0.2, 0.25) is 11.7 Å². The van der Waals surface area contributed by atoms with Crippen LogP contribution in [0.2, 0.25) is 0 Å². The minimum atomic E-state index is 0.597. The summed E-state index contributed by atoms with van der Waals surface area (Å²) in [7, 11) is 0. The molecule has 0 spiro atoms. The summed E-state index contributed by atoms with van der Waals surface area (Å²) in [6.07, 6.45) is 2.53. The van der Waals surface area contributed by atoms with Crippen molar-refractivity contribution in [3.05, 3.63) is 54.6 Å². The molecule has 0 fully saturated rings. The maximum atomic E-state index is 5.21. The predicted molar refractivity (Wildman–Crippen MR) is 72.7 cm³/mol. The van der Waals surface area contributed by atoms with E-state index in [1.54, 1.807) is 0 Å². The molecule has 5 nitrogen and oxygen atoms in total. The minimum absolute atomic E-state index is 0.597. The van der Waals surface area contributed by atoms with Crippen LogP contribution in [-0.4, -0.2) is 21.7 Å². The number of nitrogens with one attached hydrogen (secondary N) is 2. The van der Waals surface area contributed by atoms with Gasteiger partial charge in [0.25, 0.3) is 0 Å². The van der Waals surface area contributed by atoms with Crippen LogP contribution in [0.4, 0.5) is 5.69 Å². The Morgan fingerprint density at radius 1 is 1.11 bits per heavy atom. The summed E-state index contributed by atoms with van der Waals surface area (Å²) >= 11 is 0. The molecular weight excluding hydrogens is 240 g/mol. The maximum absolute atomic E-state index is 5.21. The number of para-hydroxylation sites is 1. The van der Waals surface area contributed by atoms with Crippen LogP contribution < -0.4 is 5.32 Å². The lowest BCUT2D eigenvalue weighted by Gasteiger charge is -2.02. The molecule has 2 N–H and O–H groups in total. The van der Waals surface area contributed by atoms with Crippen molar-refractivity contribution in [2.24, 2.45) is 0 Å². The Bertz CT molecular complexity index is 616. The zero-order valence-corrected chi connectivity index (χ0v) is 10.3. The zero-order chi connectivity index (χ0) is 12.9. The molecule has 5 heteroatoms. The average Bonchev–Trinajstić information content (AvgIpc) is 3.10. The van der Waals surface area contributed by atoms with Crippen LogP contribution in [0.3, 0.4) is 0 Å². The van der Waals surface area contributed by atoms with Crippen molar-refractivity contribution in [3.63, 3.8) is 0 Å². The Morgan fingerprint density at radius 3 is 2.79 bits per heavy atom. The number of rotatable bonds is 5. The maximum Gasteiger partial charge on any atom is 0.228 e. The van der Waals surface area contributed by atoms with E-state index in [0.29, 0.717) is 18.1 Å². The van der Waals surface area contributed by atoms with Crippen molar-refractivity contribution in [1.82, 2.24) is 15.1 Å². The van der Waals surface area contributed by atoms with E-state index in [0.717, 1.165) is 17.9 Å². The standard InChI is InChI=1S/C14H14N4O/c1-2-5-11(6-3-1)15-10-8-13-17-14(18-19-13)12-7-4-9-16-12/h1-7,9,15-16H,8,10H2. The largest absolute Gasteiger partial charge is 0.385 e. The highest BCUT2D eigenvalue weighted by Crippen LogP contribution is 2.13. The lowest BCUT2D eigenvalue weighted by Crippen LogP contribution is -2.04. The van der Waals surface area contributed by atoms with Crippen LogP contribution in [-0.2, 0) is 6.42 Å². The van der Waals surface area contributed by atoms with Crippen LogP contribution in [0, 0.1) is 0 Å². The van der Waals surface area contributed by atoms with Crippen molar-refractivity contribution in [3.8, 4) is 11.5 Å². The van der Waals surface area contributed by atoms with Crippen LogP contribution in [0.5, 0.6) is 0 Å². The van der Waals surface area contributed by atoms with E-state index in [1.165, 1.54) is 0 Å². The second-order valence-corrected chi connectivity index (χ2v) is 4.14. The van der Waals surface area contributed by atoms with Crippen molar-refractivity contribution in [2.75, 3.05) is 11.9 Å². The van der Waals surface area contributed by atoms with Gasteiger partial charge in [-0.15, -0.1) is 0 Å². The summed E-state index contributed by atoms with van der Waals surface area (Å²) < 4.78 is 5.21. The van der Waals surface area contributed by atoms with E-state index < -0.39 is 0 Å². The number of hydrogen-bond donors (Lipinski definition) is 2. The van der Waals surface area contributed by atoms with E-state index >= 15 is 0 Å². The van der Waals surface area contributed by atoms with Gasteiger partial charge in [-0.25, -0.2) is 0 Å². The molecular formula is C14H14N4O. The SMILES string of the molecule is c1ccc(NCCc2nc(-c3ccc[nH]3)no2)cc1. The molecule has 19 heavy (non-hydrogen) atoms. The topological polar surface area (TPSA) is 66.7 Å². The first kappa shape index (κ1) is 11.5. The highest BCUT2D eigenvalue weighted by molar-refractivity contribution is 5.47. The number of H-pyrrole nitrogens is 1. The molecule has 0 amide bonds. The van der Waals surface area contributed by atoms with Crippen molar-refractivity contribution >= 4 is 5.69 Å². The Balaban J connectivity index is 1.56. The van der Waals surface area contributed by atoms with Crippen molar-refractivity contribution in [1.29, 1.82) is 0 Å². The Labute approximate surface area is 110 Å². The van der Waals surface area contributed by atoms with Crippen LogP contribution in [0.25, 0.3) is 11.5 Å². The number of benzene rings is 1. The molecule has 1 aromatic carbocycles. The van der Waals surface area contributed by atoms with Gasteiger partial charge in [-0.1, -0.05) is 23.4 Å². The van der Waals surface area contributed by atoms with Gasteiger partial charge in [0.05, 0.1) is 5.69 Å². The van der Waals surface area contributed by atoms with E-state index in [-0.39, 0.29) is 0 Å². The number of aromatic nitrogens is 3. The molecule has 2 aromatic heterocycles. The fourth-order valence-corrected chi connectivity index (χ4v) is 1.81. The molecule has 0 aliphatic heterocycles. The minimum Gasteiger partial charge on any atom is -0.385 e. The fraction of sp³-hybridized carbons (Fsp3) is 0.143. The number of anilines is 1. The Hall–Kier alpha value is -2.56. The second-order valence-electron chi connectivity index (χ2n) is 4.14. The molecule has 3 rings (SSSR count). The molecule has 0 unspecified atom stereocenters. The average molecular weight is 254 g/mol. The van der Waals surface area contributed by atoms with Gasteiger partial charge in [0, 0.05) is 24.8 Å². The third kappa shape index (κ3) is 2.82. The quantitative estimate of drug-likeness (QED) is 0.734. The number of nitrogens with zero attached hydrogens (tertiary/aromatic N) is 2. The van der Waals surface area contributed by atoms with Crippen molar-refractivity contribution < 1.29 is 4.52 Å². The van der Waals surface area contributed by atoms with Gasteiger partial charge in [-0.2, -0.15) is 4.98 Å². The molecule has 3 aromatic rings. The number of aromatic amines is 1. The number of hydrogen-bond acceptors (Lipinski definition) is 4. The zero-order valence-electron chi connectivity index (χ0n) is 10.3. The van der Waals surface area contributed by atoms with Crippen molar-refractivity contribution in [2.45, 2.75) is 6.42 Å². The van der Waals surface area contributed by atoms with Crippen LogP contribution in [0.1, 0.15) is 5.89 Å². The Morgan fingerprint density at radius 2 is 2.00 bits per heavy atom. The first-order valence-electron chi connectivity index (χ1n) is 6.17. The lowest BCUT2D eigenvalue weighted by molar-refractivity contribution is 0.381. The summed E-state index contributed by atoms with van der Waals surface area (Å²) in [4.78, 5) is 7.38. The third-order valence-electron chi connectivity index (χ3n) is 2.75. The second kappa shape index (κ2) is 5.39. The Kier molecular flexibility index (Phi) is 3.27. The lowest BCUT2D eigenvalue weighted by atomic mass is 10.3. The molecule has 0 aliphatic carbocycles. The van der Waals surface area contributed by atoms with Gasteiger partial charge in [0.1, 0.15) is 0 Å². The molecule has 2 heterocycles. The van der Waals surface area contributed by atoms with Crippen LogP contribution >= 0.6 is 0 Å². The summed E-state index contributed by atoms with van der Waals surface area (Å²) in [5.41, 5.74) is 1.96. The summed E-state index contributed by atoms with van der Waals surface area (Å²) in [6, 6.07) is 13.9. The van der Waals surface area contributed by atoms with Gasteiger partial charge in [0.15, 0.2) is 0 Å². The summed E-state index contributed by atoms with van der Waals surface area (Å²) in [5, 5.41) is 7.24. The third-order valence-corrected chi connectivity index (χ3v) is 2.75. The van der Waals surface area contributed by atoms with Gasteiger partial charge >= 0.3 is 0 Å². The van der Waals surface area contributed by atoms with Gasteiger partial charge < -0.3 is 14.8 Å². The van der Waals surface area contributed by atoms with E-state index in [4.69, 9.17) is 4.52 Å². The van der Waals surface area contributed by atoms with E-state index in [2.05, 4.69) is 20.4 Å². The monoisotopic (exact) mass is 254 g/mol.